The number of fused-ring (bicyclic) bond motifs is 3. The largest absolute Gasteiger partial charge is 0.340 e. The monoisotopic (exact) mass is 411 g/mol. The van der Waals surface area contributed by atoms with Crippen molar-refractivity contribution in [3.8, 4) is 0 Å². The van der Waals surface area contributed by atoms with Crippen LogP contribution in [-0.4, -0.2) is 59.6 Å². The zero-order valence-electron chi connectivity index (χ0n) is 15.9. The Morgan fingerprint density at radius 3 is 2.61 bits per heavy atom. The minimum atomic E-state index is -2.57. The summed E-state index contributed by atoms with van der Waals surface area (Å²) < 4.78 is 26.6. The van der Waals surface area contributed by atoms with E-state index >= 15 is 0 Å². The summed E-state index contributed by atoms with van der Waals surface area (Å²) in [4.78, 5) is 23.0. The fraction of sp³-hybridized carbons (Fsp3) is 0.789. The summed E-state index contributed by atoms with van der Waals surface area (Å²) in [5, 5.41) is 7.58. The number of urea groups is 1. The normalized spacial score (nSPS) is 29.6. The summed E-state index contributed by atoms with van der Waals surface area (Å²) in [6.45, 7) is 3.26. The van der Waals surface area contributed by atoms with Gasteiger partial charge in [0.05, 0.1) is 12.2 Å². The van der Waals surface area contributed by atoms with E-state index in [2.05, 4.69) is 15.5 Å². The van der Waals surface area contributed by atoms with Crippen LogP contribution in [0.25, 0.3) is 0 Å². The van der Waals surface area contributed by atoms with Crippen molar-refractivity contribution in [2.45, 2.75) is 75.5 Å². The molecular weight excluding hydrogens is 384 g/mol. The van der Waals surface area contributed by atoms with Gasteiger partial charge in [0, 0.05) is 61.9 Å². The molecule has 2 N–H and O–H groups in total. The van der Waals surface area contributed by atoms with E-state index in [9.17, 15) is 13.6 Å². The van der Waals surface area contributed by atoms with Crippen LogP contribution in [0.15, 0.2) is 0 Å². The van der Waals surface area contributed by atoms with E-state index in [-0.39, 0.29) is 24.9 Å². The molecule has 1 aliphatic carbocycles. The molecule has 3 fully saturated rings. The minimum Gasteiger partial charge on any atom is -0.340 e. The summed E-state index contributed by atoms with van der Waals surface area (Å²) in [6.07, 6.45) is 3.65. The smallest absolute Gasteiger partial charge is 0.317 e. The average Bonchev–Trinajstić information content (AvgIpc) is 3.20. The molecule has 2 bridgehead atoms. The van der Waals surface area contributed by atoms with Gasteiger partial charge in [-0.05, 0) is 25.7 Å². The summed E-state index contributed by atoms with van der Waals surface area (Å²) in [5.41, 5.74) is 1.12. The second kappa shape index (κ2) is 7.09. The van der Waals surface area contributed by atoms with Crippen LogP contribution < -0.4 is 15.5 Å². The third kappa shape index (κ3) is 3.47. The second-order valence-corrected chi connectivity index (χ2v) is 9.63. The van der Waals surface area contributed by atoms with Crippen molar-refractivity contribution in [3.05, 3.63) is 10.6 Å². The van der Waals surface area contributed by atoms with Gasteiger partial charge in [0.25, 0.3) is 0 Å². The summed E-state index contributed by atoms with van der Waals surface area (Å²) in [7, 11) is 0. The fourth-order valence-electron chi connectivity index (χ4n) is 5.01. The molecule has 6 nitrogen and oxygen atoms in total. The number of amides is 2. The maximum absolute atomic E-state index is 13.3. The zero-order chi connectivity index (χ0) is 19.3. The van der Waals surface area contributed by atoms with Crippen molar-refractivity contribution in [2.75, 3.05) is 24.5 Å². The molecule has 4 heterocycles. The predicted octanol–water partition coefficient (Wildman–Crippen LogP) is 2.73. The molecule has 1 aromatic rings. The van der Waals surface area contributed by atoms with Gasteiger partial charge in [-0.2, -0.15) is 0 Å². The maximum Gasteiger partial charge on any atom is 0.317 e. The molecule has 1 saturated carbocycles. The number of nitrogens with zero attached hydrogens (tertiary/aromatic N) is 3. The number of hydrogen-bond donors (Lipinski definition) is 2. The highest BCUT2D eigenvalue weighted by atomic mass is 32.1. The molecule has 9 heteroatoms. The number of carbonyl (C=O) groups excluding carboxylic acids is 1. The Kier molecular flexibility index (Phi) is 4.70. The van der Waals surface area contributed by atoms with Crippen LogP contribution in [0.3, 0.4) is 0 Å². The number of alkyl halides is 2. The number of halogens is 2. The zero-order valence-corrected chi connectivity index (χ0v) is 16.7. The Hall–Kier alpha value is -1.48. The van der Waals surface area contributed by atoms with Crippen molar-refractivity contribution < 1.29 is 13.6 Å². The molecule has 3 aliphatic heterocycles. The third-order valence-corrected chi connectivity index (χ3v) is 7.75. The molecule has 2 amide bonds. The number of rotatable bonds is 2. The molecule has 2 saturated heterocycles. The van der Waals surface area contributed by atoms with Crippen LogP contribution in [0.2, 0.25) is 0 Å². The number of anilines is 1. The van der Waals surface area contributed by atoms with E-state index in [0.717, 1.165) is 30.3 Å². The van der Waals surface area contributed by atoms with Gasteiger partial charge in [-0.25, -0.2) is 18.6 Å². The number of carbonyl (C=O) groups is 1. The van der Waals surface area contributed by atoms with Gasteiger partial charge in [0.1, 0.15) is 0 Å². The Morgan fingerprint density at radius 1 is 1.18 bits per heavy atom. The van der Waals surface area contributed by atoms with Crippen molar-refractivity contribution in [1.29, 1.82) is 0 Å². The fourth-order valence-corrected chi connectivity index (χ4v) is 6.27. The molecule has 154 valence electrons. The van der Waals surface area contributed by atoms with E-state index in [0.29, 0.717) is 38.0 Å². The first kappa shape index (κ1) is 18.5. The van der Waals surface area contributed by atoms with Gasteiger partial charge >= 0.3 is 6.03 Å². The van der Waals surface area contributed by atoms with Gasteiger partial charge in [-0.1, -0.05) is 11.3 Å². The highest BCUT2D eigenvalue weighted by molar-refractivity contribution is 7.15. The van der Waals surface area contributed by atoms with Crippen LogP contribution >= 0.6 is 11.3 Å². The molecule has 0 spiro atoms. The molecule has 5 rings (SSSR count). The van der Waals surface area contributed by atoms with E-state index in [1.165, 1.54) is 17.7 Å². The molecule has 28 heavy (non-hydrogen) atoms. The predicted molar refractivity (Wildman–Crippen MR) is 104 cm³/mol. The summed E-state index contributed by atoms with van der Waals surface area (Å²) in [6, 6.07) is 0.811. The second-order valence-electron chi connectivity index (χ2n) is 8.57. The van der Waals surface area contributed by atoms with Crippen molar-refractivity contribution in [3.63, 3.8) is 0 Å². The van der Waals surface area contributed by atoms with Crippen LogP contribution in [0.1, 0.15) is 49.1 Å². The van der Waals surface area contributed by atoms with E-state index < -0.39 is 5.92 Å². The lowest BCUT2D eigenvalue weighted by atomic mass is 9.92. The Labute approximate surface area is 167 Å². The number of thiazole rings is 1. The maximum atomic E-state index is 13.3. The highest BCUT2D eigenvalue weighted by Crippen LogP contribution is 2.38. The van der Waals surface area contributed by atoms with Crippen molar-refractivity contribution in [1.82, 2.24) is 20.5 Å². The number of hydrogen-bond acceptors (Lipinski definition) is 5. The Morgan fingerprint density at radius 2 is 1.89 bits per heavy atom. The SMILES string of the molecule is O=C(NC1CCC(F)(F)CC1)N1CCc2nc(N3C4CCC3CNC4)sc2C1. The van der Waals surface area contributed by atoms with Crippen LogP contribution in [0.4, 0.5) is 18.7 Å². The molecule has 0 radical (unpaired) electrons. The van der Waals surface area contributed by atoms with Crippen LogP contribution in [0, 0.1) is 0 Å². The van der Waals surface area contributed by atoms with Gasteiger partial charge < -0.3 is 20.4 Å². The number of piperazine rings is 1. The lowest BCUT2D eigenvalue weighted by Crippen LogP contribution is -2.51. The van der Waals surface area contributed by atoms with Gasteiger partial charge in [0.15, 0.2) is 5.13 Å². The molecule has 2 atom stereocenters. The molecule has 0 aromatic carbocycles. The molecule has 2 unspecified atom stereocenters. The first-order valence-corrected chi connectivity index (χ1v) is 11.2. The van der Waals surface area contributed by atoms with E-state index in [4.69, 9.17) is 4.98 Å². The van der Waals surface area contributed by atoms with E-state index in [1.54, 1.807) is 11.3 Å². The minimum absolute atomic E-state index is 0.127. The average molecular weight is 412 g/mol. The highest BCUT2D eigenvalue weighted by Gasteiger charge is 2.39. The van der Waals surface area contributed by atoms with Crippen molar-refractivity contribution in [2.24, 2.45) is 0 Å². The Bertz CT molecular complexity index is 731. The Balaban J connectivity index is 1.22. The van der Waals surface area contributed by atoms with Crippen molar-refractivity contribution >= 4 is 22.5 Å². The summed E-state index contributed by atoms with van der Waals surface area (Å²) in [5.74, 6) is -2.57. The van der Waals surface area contributed by atoms with Gasteiger partial charge in [-0.3, -0.25) is 0 Å². The summed E-state index contributed by atoms with van der Waals surface area (Å²) >= 11 is 1.72. The third-order valence-electron chi connectivity index (χ3n) is 6.65. The van der Waals surface area contributed by atoms with Gasteiger partial charge in [0.2, 0.25) is 5.92 Å². The topological polar surface area (TPSA) is 60.5 Å². The first-order chi connectivity index (χ1) is 13.5. The molecular formula is C19H27F2N5OS. The standard InChI is InChI=1S/C19H27F2N5OS/c20-19(21)6-3-12(4-7-19)23-17(27)25-8-5-15-16(11-25)28-18(24-15)26-13-1-2-14(26)10-22-9-13/h12-14,22H,1-11H2,(H,23,27). The van der Waals surface area contributed by atoms with Gasteiger partial charge in [-0.15, -0.1) is 0 Å². The number of nitrogens with one attached hydrogen (secondary N) is 2. The molecule has 1 aromatic heterocycles. The quantitative estimate of drug-likeness (QED) is 0.786. The van der Waals surface area contributed by atoms with Crippen LogP contribution in [-0.2, 0) is 13.0 Å². The van der Waals surface area contributed by atoms with Crippen LogP contribution in [0.5, 0.6) is 0 Å². The number of aromatic nitrogens is 1. The lowest BCUT2D eigenvalue weighted by Gasteiger charge is -2.35. The van der Waals surface area contributed by atoms with E-state index in [1.807, 2.05) is 4.90 Å². The first-order valence-electron chi connectivity index (χ1n) is 10.4. The lowest BCUT2D eigenvalue weighted by molar-refractivity contribution is -0.0398. The molecule has 4 aliphatic rings.